The van der Waals surface area contributed by atoms with Crippen molar-refractivity contribution < 1.29 is 0 Å². The van der Waals surface area contributed by atoms with Gasteiger partial charge in [0.1, 0.15) is 0 Å². The van der Waals surface area contributed by atoms with E-state index in [4.69, 9.17) is 16.9 Å². The van der Waals surface area contributed by atoms with Crippen molar-refractivity contribution in [3.05, 3.63) is 35.0 Å². The molecule has 0 aliphatic rings. The van der Waals surface area contributed by atoms with Gasteiger partial charge in [0.25, 0.3) is 0 Å². The molecule has 0 saturated carbocycles. The highest BCUT2D eigenvalue weighted by molar-refractivity contribution is 6.31. The number of nitriles is 1. The topological polar surface area (TPSA) is 51.6 Å². The minimum absolute atomic E-state index is 0.257. The van der Waals surface area contributed by atoms with Gasteiger partial charge in [-0.15, -0.1) is 0 Å². The molecule has 1 unspecified atom stereocenters. The summed E-state index contributed by atoms with van der Waals surface area (Å²) in [4.78, 5) is 3.21. The lowest BCUT2D eigenvalue weighted by Crippen LogP contribution is -2.27. The van der Waals surface area contributed by atoms with Crippen molar-refractivity contribution in [1.29, 1.82) is 5.26 Å². The minimum atomic E-state index is 0.257. The first-order valence-electron chi connectivity index (χ1n) is 6.10. The third-order valence-corrected chi connectivity index (χ3v) is 3.38. The Kier molecular flexibility index (Phi) is 4.24. The molecule has 0 fully saturated rings. The van der Waals surface area contributed by atoms with Gasteiger partial charge in [-0.1, -0.05) is 24.6 Å². The first-order valence-corrected chi connectivity index (χ1v) is 6.48. The normalized spacial score (nSPS) is 12.5. The summed E-state index contributed by atoms with van der Waals surface area (Å²) in [5.74, 6) is 0. The molecule has 0 saturated heterocycles. The second-order valence-corrected chi connectivity index (χ2v) is 4.79. The lowest BCUT2D eigenvalue weighted by molar-refractivity contribution is 0.506. The lowest BCUT2D eigenvalue weighted by atomic mass is 10.1. The van der Waals surface area contributed by atoms with E-state index >= 15 is 0 Å². The summed E-state index contributed by atoms with van der Waals surface area (Å²) in [5.41, 5.74) is 2.26. The van der Waals surface area contributed by atoms with Crippen LogP contribution in [-0.4, -0.2) is 11.0 Å². The molecule has 1 aromatic heterocycles. The van der Waals surface area contributed by atoms with E-state index < -0.39 is 0 Å². The summed E-state index contributed by atoms with van der Waals surface area (Å²) in [6.07, 6.45) is 3.50. The van der Waals surface area contributed by atoms with Crippen molar-refractivity contribution in [3.63, 3.8) is 0 Å². The molecule has 0 amide bonds. The van der Waals surface area contributed by atoms with Crippen molar-refractivity contribution in [2.45, 2.75) is 32.4 Å². The monoisotopic (exact) mass is 261 g/mol. The molecule has 4 heteroatoms. The molecule has 0 aliphatic heterocycles. The van der Waals surface area contributed by atoms with Crippen LogP contribution in [0.25, 0.3) is 10.9 Å². The van der Waals surface area contributed by atoms with Crippen LogP contribution in [0, 0.1) is 11.3 Å². The molecule has 2 rings (SSSR count). The van der Waals surface area contributed by atoms with Crippen molar-refractivity contribution in [2.24, 2.45) is 0 Å². The highest BCUT2D eigenvalue weighted by atomic mass is 35.5. The summed E-state index contributed by atoms with van der Waals surface area (Å²) in [6.45, 7) is 2.85. The van der Waals surface area contributed by atoms with Gasteiger partial charge in [-0.05, 0) is 24.1 Å². The summed E-state index contributed by atoms with van der Waals surface area (Å²) in [5, 5.41) is 14.0. The fourth-order valence-electron chi connectivity index (χ4n) is 2.03. The maximum absolute atomic E-state index is 8.72. The van der Waals surface area contributed by atoms with Gasteiger partial charge >= 0.3 is 0 Å². The summed E-state index contributed by atoms with van der Waals surface area (Å²) in [6, 6.07) is 8.31. The first-order chi connectivity index (χ1) is 8.74. The maximum atomic E-state index is 8.72. The van der Waals surface area contributed by atoms with E-state index in [1.54, 1.807) is 0 Å². The summed E-state index contributed by atoms with van der Waals surface area (Å²) >= 11 is 5.95. The zero-order chi connectivity index (χ0) is 13.0. The van der Waals surface area contributed by atoms with Gasteiger partial charge in [0, 0.05) is 34.7 Å². The molecule has 0 spiro atoms. The number of aromatic nitrogens is 1. The van der Waals surface area contributed by atoms with Crippen molar-refractivity contribution in [3.8, 4) is 6.07 Å². The molecule has 0 bridgehead atoms. The smallest absolute Gasteiger partial charge is 0.0638 e. The third kappa shape index (κ3) is 2.84. The van der Waals surface area contributed by atoms with Crippen LogP contribution in [0.2, 0.25) is 5.02 Å². The number of hydrogen-bond acceptors (Lipinski definition) is 2. The predicted molar refractivity (Wildman–Crippen MR) is 74.5 cm³/mol. The van der Waals surface area contributed by atoms with E-state index in [2.05, 4.69) is 23.3 Å². The number of benzene rings is 1. The second-order valence-electron chi connectivity index (χ2n) is 4.35. The molecule has 18 heavy (non-hydrogen) atoms. The summed E-state index contributed by atoms with van der Waals surface area (Å²) < 4.78 is 0. The van der Waals surface area contributed by atoms with Gasteiger partial charge in [0.2, 0.25) is 0 Å². The van der Waals surface area contributed by atoms with Crippen molar-refractivity contribution in [1.82, 2.24) is 10.3 Å². The SMILES string of the molecule is CCC(CC#N)NCc1c[nH]c2cc(Cl)ccc12. The number of H-pyrrole nitrogens is 1. The molecule has 1 atom stereocenters. The average Bonchev–Trinajstić information content (AvgIpc) is 2.76. The molecule has 2 aromatic rings. The third-order valence-electron chi connectivity index (χ3n) is 3.14. The number of nitrogens with one attached hydrogen (secondary N) is 2. The van der Waals surface area contributed by atoms with Gasteiger partial charge in [0.05, 0.1) is 12.5 Å². The molecule has 1 heterocycles. The van der Waals surface area contributed by atoms with E-state index in [9.17, 15) is 0 Å². The van der Waals surface area contributed by atoms with E-state index in [-0.39, 0.29) is 6.04 Å². The molecule has 2 N–H and O–H groups in total. The Bertz CT molecular complexity index is 568. The number of halogens is 1. The molecule has 0 aliphatic carbocycles. The molecular weight excluding hydrogens is 246 g/mol. The molecule has 94 valence electrons. The average molecular weight is 262 g/mol. The van der Waals surface area contributed by atoms with Gasteiger partial charge in [-0.2, -0.15) is 5.26 Å². The summed E-state index contributed by atoms with van der Waals surface area (Å²) in [7, 11) is 0. The van der Waals surface area contributed by atoms with Gasteiger partial charge in [-0.25, -0.2) is 0 Å². The highest BCUT2D eigenvalue weighted by Crippen LogP contribution is 2.22. The number of rotatable bonds is 5. The van der Waals surface area contributed by atoms with E-state index in [0.717, 1.165) is 23.5 Å². The standard InChI is InChI=1S/C14H16ClN3/c1-2-12(5-6-16)17-8-10-9-18-14-7-11(15)3-4-13(10)14/h3-4,7,9,12,17-18H,2,5,8H2,1H3. The molecule has 3 nitrogen and oxygen atoms in total. The number of nitrogens with zero attached hydrogens (tertiary/aromatic N) is 1. The van der Waals surface area contributed by atoms with Crippen LogP contribution in [0.1, 0.15) is 25.3 Å². The van der Waals surface area contributed by atoms with Crippen LogP contribution in [0.4, 0.5) is 0 Å². The lowest BCUT2D eigenvalue weighted by Gasteiger charge is -2.12. The van der Waals surface area contributed by atoms with Crippen molar-refractivity contribution >= 4 is 22.5 Å². The predicted octanol–water partition coefficient (Wildman–Crippen LogP) is 3.60. The van der Waals surface area contributed by atoms with Crippen LogP contribution in [0.5, 0.6) is 0 Å². The Morgan fingerprint density at radius 2 is 2.33 bits per heavy atom. The van der Waals surface area contributed by atoms with Gasteiger partial charge in [0.15, 0.2) is 0 Å². The molecule has 1 aromatic carbocycles. The Hall–Kier alpha value is -1.50. The number of hydrogen-bond donors (Lipinski definition) is 2. The maximum Gasteiger partial charge on any atom is 0.0638 e. The Balaban J connectivity index is 2.10. The number of aromatic amines is 1. The Morgan fingerprint density at radius 3 is 3.06 bits per heavy atom. The van der Waals surface area contributed by atoms with E-state index in [1.807, 2.05) is 24.4 Å². The van der Waals surface area contributed by atoms with E-state index in [1.165, 1.54) is 10.9 Å². The molecular formula is C14H16ClN3. The minimum Gasteiger partial charge on any atom is -0.361 e. The zero-order valence-corrected chi connectivity index (χ0v) is 11.1. The fourth-order valence-corrected chi connectivity index (χ4v) is 2.20. The van der Waals surface area contributed by atoms with E-state index in [0.29, 0.717) is 6.42 Å². The van der Waals surface area contributed by atoms with Crippen LogP contribution >= 0.6 is 11.6 Å². The quantitative estimate of drug-likeness (QED) is 0.864. The van der Waals surface area contributed by atoms with Gasteiger partial charge < -0.3 is 10.3 Å². The van der Waals surface area contributed by atoms with Crippen LogP contribution in [0.15, 0.2) is 24.4 Å². The van der Waals surface area contributed by atoms with Crippen LogP contribution in [0.3, 0.4) is 0 Å². The number of fused-ring (bicyclic) bond motifs is 1. The van der Waals surface area contributed by atoms with Crippen LogP contribution < -0.4 is 5.32 Å². The molecule has 0 radical (unpaired) electrons. The van der Waals surface area contributed by atoms with Crippen molar-refractivity contribution in [2.75, 3.05) is 0 Å². The Morgan fingerprint density at radius 1 is 1.50 bits per heavy atom. The zero-order valence-electron chi connectivity index (χ0n) is 10.3. The van der Waals surface area contributed by atoms with Gasteiger partial charge in [-0.3, -0.25) is 0 Å². The second kappa shape index (κ2) is 5.90. The Labute approximate surface area is 112 Å². The largest absolute Gasteiger partial charge is 0.361 e. The first kappa shape index (κ1) is 12.9. The highest BCUT2D eigenvalue weighted by Gasteiger charge is 2.08. The van der Waals surface area contributed by atoms with Crippen LogP contribution in [-0.2, 0) is 6.54 Å². The fraction of sp³-hybridized carbons (Fsp3) is 0.357.